The number of H-pyrrole nitrogens is 1. The lowest BCUT2D eigenvalue weighted by Crippen LogP contribution is -2.52. The van der Waals surface area contributed by atoms with E-state index in [2.05, 4.69) is 17.1 Å². The number of likely N-dealkylation sites (tertiary alicyclic amines) is 1. The van der Waals surface area contributed by atoms with Crippen LogP contribution in [0.4, 0.5) is 4.79 Å². The summed E-state index contributed by atoms with van der Waals surface area (Å²) in [5.74, 6) is -0.0889. The van der Waals surface area contributed by atoms with Crippen molar-refractivity contribution in [2.45, 2.75) is 44.6 Å². The average Bonchev–Trinajstić information content (AvgIpc) is 3.18. The first-order chi connectivity index (χ1) is 11.1. The van der Waals surface area contributed by atoms with Crippen LogP contribution in [-0.2, 0) is 0 Å². The van der Waals surface area contributed by atoms with E-state index in [0.29, 0.717) is 24.9 Å². The van der Waals surface area contributed by atoms with Gasteiger partial charge in [0.25, 0.3) is 0 Å². The van der Waals surface area contributed by atoms with Crippen LogP contribution in [0, 0.1) is 0 Å². The third-order valence-electron chi connectivity index (χ3n) is 4.79. The van der Waals surface area contributed by atoms with E-state index in [-0.39, 0.29) is 5.78 Å². The molecule has 1 aromatic heterocycles. The summed E-state index contributed by atoms with van der Waals surface area (Å²) in [6.45, 7) is 2.48. The molecule has 1 unspecified atom stereocenters. The van der Waals surface area contributed by atoms with Gasteiger partial charge < -0.3 is 5.11 Å². The fraction of sp³-hybridized carbons (Fsp3) is 0.471. The first-order valence-corrected chi connectivity index (χ1v) is 8.07. The largest absolute Gasteiger partial charge is 0.465 e. The Kier molecular flexibility index (Phi) is 4.07. The number of carbonyl (C=O) groups excluding carboxylic acids is 1. The van der Waals surface area contributed by atoms with Crippen molar-refractivity contribution in [3.05, 3.63) is 30.0 Å². The highest BCUT2D eigenvalue weighted by molar-refractivity contribution is 6.06. The SMILES string of the molecule is CCCCC1(C(=O)c2ccc3[nH]ncc3c2)CCCN1C(=O)O. The molecule has 0 aliphatic carbocycles. The summed E-state index contributed by atoms with van der Waals surface area (Å²) in [5, 5.41) is 17.2. The van der Waals surface area contributed by atoms with Gasteiger partial charge in [-0.05, 0) is 37.5 Å². The lowest BCUT2D eigenvalue weighted by atomic mass is 9.82. The topological polar surface area (TPSA) is 86.3 Å². The molecule has 0 saturated carbocycles. The van der Waals surface area contributed by atoms with E-state index in [1.165, 1.54) is 4.90 Å². The number of Topliss-reactive ketones (excluding diaryl/α,β-unsaturated/α-hetero) is 1. The smallest absolute Gasteiger partial charge is 0.408 e. The quantitative estimate of drug-likeness (QED) is 0.827. The minimum absolute atomic E-state index is 0.0889. The predicted octanol–water partition coefficient (Wildman–Crippen LogP) is 3.45. The van der Waals surface area contributed by atoms with Crippen molar-refractivity contribution in [3.63, 3.8) is 0 Å². The number of carbonyl (C=O) groups is 2. The van der Waals surface area contributed by atoms with Crippen LogP contribution < -0.4 is 0 Å². The maximum absolute atomic E-state index is 13.2. The molecule has 2 N–H and O–H groups in total. The van der Waals surface area contributed by atoms with Crippen LogP contribution in [0.1, 0.15) is 49.4 Å². The second-order valence-corrected chi connectivity index (χ2v) is 6.17. The third-order valence-corrected chi connectivity index (χ3v) is 4.79. The first kappa shape index (κ1) is 15.5. The van der Waals surface area contributed by atoms with E-state index in [0.717, 1.165) is 30.2 Å². The Hall–Kier alpha value is -2.37. The normalized spacial score (nSPS) is 21.0. The Balaban J connectivity index is 2.01. The molecule has 0 bridgehead atoms. The van der Waals surface area contributed by atoms with Crippen molar-refractivity contribution >= 4 is 22.8 Å². The Labute approximate surface area is 134 Å². The monoisotopic (exact) mass is 315 g/mol. The van der Waals surface area contributed by atoms with Crippen LogP contribution in [-0.4, -0.2) is 44.2 Å². The van der Waals surface area contributed by atoms with Gasteiger partial charge >= 0.3 is 6.09 Å². The Morgan fingerprint density at radius 1 is 1.43 bits per heavy atom. The molecular weight excluding hydrogens is 294 g/mol. The molecule has 6 nitrogen and oxygen atoms in total. The fourth-order valence-electron chi connectivity index (χ4n) is 3.59. The van der Waals surface area contributed by atoms with Gasteiger partial charge in [0.1, 0.15) is 5.54 Å². The Bertz CT molecular complexity index is 740. The summed E-state index contributed by atoms with van der Waals surface area (Å²) in [6, 6.07) is 5.38. The van der Waals surface area contributed by atoms with E-state index in [9.17, 15) is 14.7 Å². The molecule has 0 spiro atoms. The molecule has 1 saturated heterocycles. The minimum Gasteiger partial charge on any atom is -0.465 e. The molecule has 1 aromatic carbocycles. The summed E-state index contributed by atoms with van der Waals surface area (Å²) in [4.78, 5) is 26.2. The van der Waals surface area contributed by atoms with E-state index in [4.69, 9.17) is 0 Å². The maximum atomic E-state index is 13.2. The van der Waals surface area contributed by atoms with Gasteiger partial charge in [0.15, 0.2) is 5.78 Å². The number of hydrogen-bond acceptors (Lipinski definition) is 3. The van der Waals surface area contributed by atoms with Gasteiger partial charge in [-0.25, -0.2) is 4.79 Å². The first-order valence-electron chi connectivity index (χ1n) is 8.07. The van der Waals surface area contributed by atoms with Crippen LogP contribution in [0.5, 0.6) is 0 Å². The second-order valence-electron chi connectivity index (χ2n) is 6.17. The van der Waals surface area contributed by atoms with Crippen LogP contribution in [0.25, 0.3) is 10.9 Å². The summed E-state index contributed by atoms with van der Waals surface area (Å²) in [5.41, 5.74) is 0.507. The van der Waals surface area contributed by atoms with E-state index in [1.54, 1.807) is 18.3 Å². The molecule has 2 heterocycles. The molecule has 23 heavy (non-hydrogen) atoms. The molecule has 1 fully saturated rings. The number of benzene rings is 1. The second kappa shape index (κ2) is 6.02. The van der Waals surface area contributed by atoms with E-state index in [1.807, 2.05) is 6.07 Å². The van der Waals surface area contributed by atoms with Gasteiger partial charge in [0.2, 0.25) is 0 Å². The van der Waals surface area contributed by atoms with Gasteiger partial charge in [0, 0.05) is 17.5 Å². The zero-order valence-electron chi connectivity index (χ0n) is 13.2. The van der Waals surface area contributed by atoms with Crippen molar-refractivity contribution in [2.75, 3.05) is 6.54 Å². The van der Waals surface area contributed by atoms with Gasteiger partial charge in [0.05, 0.1) is 11.7 Å². The number of fused-ring (bicyclic) bond motifs is 1. The number of amides is 1. The van der Waals surface area contributed by atoms with E-state index >= 15 is 0 Å². The Morgan fingerprint density at radius 3 is 3.00 bits per heavy atom. The highest BCUT2D eigenvalue weighted by Gasteiger charge is 2.49. The van der Waals surface area contributed by atoms with E-state index < -0.39 is 11.6 Å². The number of hydrogen-bond donors (Lipinski definition) is 2. The minimum atomic E-state index is -1.00. The van der Waals surface area contributed by atoms with Crippen molar-refractivity contribution < 1.29 is 14.7 Å². The number of nitrogens with one attached hydrogen (secondary N) is 1. The maximum Gasteiger partial charge on any atom is 0.408 e. The van der Waals surface area contributed by atoms with Gasteiger partial charge in [-0.2, -0.15) is 5.10 Å². The molecule has 122 valence electrons. The molecule has 1 amide bonds. The van der Waals surface area contributed by atoms with Crippen LogP contribution in [0.15, 0.2) is 24.4 Å². The van der Waals surface area contributed by atoms with Gasteiger partial charge in [-0.1, -0.05) is 19.8 Å². The molecule has 1 atom stereocenters. The number of ketones is 1. The predicted molar refractivity (Wildman–Crippen MR) is 86.6 cm³/mol. The van der Waals surface area contributed by atoms with Crippen molar-refractivity contribution in [1.82, 2.24) is 15.1 Å². The molecule has 6 heteroatoms. The third kappa shape index (κ3) is 2.58. The molecule has 1 aliphatic heterocycles. The number of unbranched alkanes of at least 4 members (excludes halogenated alkanes) is 1. The highest BCUT2D eigenvalue weighted by atomic mass is 16.4. The molecule has 3 rings (SSSR count). The number of aromatic amines is 1. The molecular formula is C17H21N3O3. The van der Waals surface area contributed by atoms with Crippen molar-refractivity contribution in [2.24, 2.45) is 0 Å². The zero-order chi connectivity index (χ0) is 16.4. The lowest BCUT2D eigenvalue weighted by molar-refractivity contribution is 0.0612. The molecule has 2 aromatic rings. The number of aromatic nitrogens is 2. The summed E-state index contributed by atoms with van der Waals surface area (Å²) in [7, 11) is 0. The van der Waals surface area contributed by atoms with Crippen LogP contribution in [0.3, 0.4) is 0 Å². The zero-order valence-corrected chi connectivity index (χ0v) is 13.2. The van der Waals surface area contributed by atoms with Crippen LogP contribution in [0.2, 0.25) is 0 Å². The van der Waals surface area contributed by atoms with Crippen LogP contribution >= 0.6 is 0 Å². The standard InChI is InChI=1S/C17H21N3O3/c1-2-3-7-17(8-4-9-20(17)16(22)23)15(21)12-5-6-14-13(10-12)11-18-19-14/h5-6,10-11H,2-4,7-9H2,1H3,(H,18,19)(H,22,23). The van der Waals surface area contributed by atoms with Gasteiger partial charge in [-0.3, -0.25) is 14.8 Å². The number of carboxylic acid groups (broad SMARTS) is 1. The highest BCUT2D eigenvalue weighted by Crippen LogP contribution is 2.37. The molecule has 1 aliphatic rings. The van der Waals surface area contributed by atoms with Crippen molar-refractivity contribution in [1.29, 1.82) is 0 Å². The van der Waals surface area contributed by atoms with Crippen molar-refractivity contribution in [3.8, 4) is 0 Å². The number of rotatable bonds is 5. The fourth-order valence-corrected chi connectivity index (χ4v) is 3.59. The number of nitrogens with zero attached hydrogens (tertiary/aromatic N) is 2. The Morgan fingerprint density at radius 2 is 2.26 bits per heavy atom. The summed E-state index contributed by atoms with van der Waals surface area (Å²) >= 11 is 0. The molecule has 0 radical (unpaired) electrons. The average molecular weight is 315 g/mol. The summed E-state index contributed by atoms with van der Waals surface area (Å²) in [6.07, 6.45) is 4.35. The van der Waals surface area contributed by atoms with Gasteiger partial charge in [-0.15, -0.1) is 0 Å². The summed E-state index contributed by atoms with van der Waals surface area (Å²) < 4.78 is 0. The lowest BCUT2D eigenvalue weighted by Gasteiger charge is -2.35.